The Hall–Kier alpha value is -5.24. The predicted octanol–water partition coefficient (Wildman–Crippen LogP) is 2.78. The number of benzene rings is 2. The minimum absolute atomic E-state index is 0.211. The van der Waals surface area contributed by atoms with E-state index in [0.29, 0.717) is 0 Å². The van der Waals surface area contributed by atoms with Crippen LogP contribution in [-0.4, -0.2) is 32.9 Å². The smallest absolute Gasteiger partial charge is 0.317 e. The minimum Gasteiger partial charge on any atom is -0.474 e. The van der Waals surface area contributed by atoms with E-state index >= 15 is 0 Å². The van der Waals surface area contributed by atoms with Gasteiger partial charge in [-0.05, 0) is 35.8 Å². The maximum Gasteiger partial charge on any atom is 0.317 e. The molecule has 162 valence electrons. The highest BCUT2D eigenvalue weighted by Crippen LogP contribution is 2.31. The summed E-state index contributed by atoms with van der Waals surface area (Å²) in [5.41, 5.74) is -2.11. The molecular weight excluding hydrogens is 432 g/mol. The van der Waals surface area contributed by atoms with Gasteiger partial charge in [0.2, 0.25) is 0 Å². The normalized spacial score (nSPS) is 9.38. The summed E-state index contributed by atoms with van der Waals surface area (Å²) in [7, 11) is 0. The summed E-state index contributed by atoms with van der Waals surface area (Å²) < 4.78 is 10.2. The maximum absolute atomic E-state index is 11.0. The largest absolute Gasteiger partial charge is 0.474 e. The molecule has 2 rings (SSSR count). The molecule has 0 heterocycles. The third-order valence-electron chi connectivity index (χ3n) is 3.54. The molecule has 14 nitrogen and oxygen atoms in total. The average molecular weight is 442 g/mol. The lowest BCUT2D eigenvalue weighted by atomic mass is 10.2. The molecule has 0 N–H and O–H groups in total. The van der Waals surface area contributed by atoms with E-state index in [0.717, 1.165) is 36.4 Å². The van der Waals surface area contributed by atoms with Gasteiger partial charge in [-0.2, -0.15) is 0 Å². The Morgan fingerprint density at radius 2 is 1.00 bits per heavy atom. The summed E-state index contributed by atoms with van der Waals surface area (Å²) >= 11 is 0. The standard InChI is InChI=1S/C18H10N4O10/c23-19(24)13-5-7-17(15(11-13)21(27)28)31-9-3-1-2-4-10-32-18-8-6-14(20(25)26)12-16(18)22(29)30/h5-8,11-12H,9-10H2. The van der Waals surface area contributed by atoms with E-state index in [1.807, 2.05) is 0 Å². The third kappa shape index (κ3) is 6.13. The lowest BCUT2D eigenvalue weighted by Gasteiger charge is -2.02. The van der Waals surface area contributed by atoms with Gasteiger partial charge in [0.05, 0.1) is 31.8 Å². The molecule has 0 bridgehead atoms. The first kappa shape index (κ1) is 23.0. The van der Waals surface area contributed by atoms with Crippen molar-refractivity contribution in [2.24, 2.45) is 0 Å². The van der Waals surface area contributed by atoms with Crippen LogP contribution in [0, 0.1) is 64.1 Å². The molecule has 0 aromatic heterocycles. The van der Waals surface area contributed by atoms with Crippen LogP contribution in [0.2, 0.25) is 0 Å². The monoisotopic (exact) mass is 442 g/mol. The van der Waals surface area contributed by atoms with Gasteiger partial charge in [-0.15, -0.1) is 0 Å². The number of nitro groups is 4. The lowest BCUT2D eigenvalue weighted by Crippen LogP contribution is -2.00. The SMILES string of the molecule is O=[N+]([O-])c1ccc(OCC#CC#CCOc2ccc([N+](=O)[O-])cc2[N+](=O)[O-])c([N+](=O)[O-])c1. The van der Waals surface area contributed by atoms with Crippen LogP contribution in [0.25, 0.3) is 0 Å². The number of hydrogen-bond acceptors (Lipinski definition) is 10. The van der Waals surface area contributed by atoms with Crippen molar-refractivity contribution in [3.63, 3.8) is 0 Å². The van der Waals surface area contributed by atoms with Crippen molar-refractivity contribution in [2.75, 3.05) is 13.2 Å². The summed E-state index contributed by atoms with van der Waals surface area (Å²) in [6.45, 7) is -0.607. The minimum atomic E-state index is -0.829. The van der Waals surface area contributed by atoms with Crippen LogP contribution in [-0.2, 0) is 0 Å². The highest BCUT2D eigenvalue weighted by Gasteiger charge is 2.21. The average Bonchev–Trinajstić information content (AvgIpc) is 2.75. The van der Waals surface area contributed by atoms with Crippen LogP contribution in [0.15, 0.2) is 36.4 Å². The van der Waals surface area contributed by atoms with Gasteiger partial charge in [0.25, 0.3) is 11.4 Å². The molecule has 0 atom stereocenters. The Bertz CT molecular complexity index is 1120. The molecule has 0 aliphatic heterocycles. The molecule has 0 spiro atoms. The van der Waals surface area contributed by atoms with E-state index in [2.05, 4.69) is 23.7 Å². The lowest BCUT2D eigenvalue weighted by molar-refractivity contribution is -0.395. The number of hydrogen-bond donors (Lipinski definition) is 0. The fraction of sp³-hybridized carbons (Fsp3) is 0.111. The Morgan fingerprint density at radius 3 is 1.31 bits per heavy atom. The topological polar surface area (TPSA) is 191 Å². The summed E-state index contributed by atoms with van der Waals surface area (Å²) in [5.74, 6) is 9.19. The Balaban J connectivity index is 1.95. The third-order valence-corrected chi connectivity index (χ3v) is 3.54. The number of rotatable bonds is 8. The predicted molar refractivity (Wildman–Crippen MR) is 106 cm³/mol. The fourth-order valence-electron chi connectivity index (χ4n) is 2.16. The van der Waals surface area contributed by atoms with Gasteiger partial charge in [0.1, 0.15) is 13.2 Å². The summed E-state index contributed by atoms with van der Waals surface area (Å²) in [4.78, 5) is 40.2. The summed E-state index contributed by atoms with van der Waals surface area (Å²) in [6, 6.07) is 5.77. The van der Waals surface area contributed by atoms with Crippen molar-refractivity contribution >= 4 is 22.7 Å². The van der Waals surface area contributed by atoms with Crippen LogP contribution < -0.4 is 9.47 Å². The Morgan fingerprint density at radius 1 is 0.625 bits per heavy atom. The van der Waals surface area contributed by atoms with Gasteiger partial charge in [0, 0.05) is 12.1 Å². The van der Waals surface area contributed by atoms with Crippen molar-refractivity contribution in [3.05, 3.63) is 76.9 Å². The van der Waals surface area contributed by atoms with E-state index < -0.39 is 42.4 Å². The maximum atomic E-state index is 11.0. The molecule has 32 heavy (non-hydrogen) atoms. The zero-order chi connectivity index (χ0) is 23.7. The molecule has 0 aliphatic rings. The summed E-state index contributed by atoms with van der Waals surface area (Å²) in [6.07, 6.45) is 0. The van der Waals surface area contributed by atoms with E-state index in [1.54, 1.807) is 0 Å². The van der Waals surface area contributed by atoms with Gasteiger partial charge >= 0.3 is 11.4 Å². The molecule has 0 saturated carbocycles. The van der Waals surface area contributed by atoms with Crippen molar-refractivity contribution in [3.8, 4) is 35.2 Å². The quantitative estimate of drug-likeness (QED) is 0.333. The molecule has 14 heteroatoms. The molecule has 2 aromatic rings. The number of non-ortho nitro benzene ring substituents is 2. The van der Waals surface area contributed by atoms with Crippen molar-refractivity contribution in [1.29, 1.82) is 0 Å². The zero-order valence-corrected chi connectivity index (χ0v) is 15.7. The molecule has 0 radical (unpaired) electrons. The highest BCUT2D eigenvalue weighted by atomic mass is 16.6. The molecule has 0 aliphatic carbocycles. The zero-order valence-electron chi connectivity index (χ0n) is 15.7. The van der Waals surface area contributed by atoms with E-state index in [-0.39, 0.29) is 24.7 Å². The van der Waals surface area contributed by atoms with Crippen LogP contribution >= 0.6 is 0 Å². The van der Waals surface area contributed by atoms with Gasteiger partial charge in [-0.3, -0.25) is 40.5 Å². The van der Waals surface area contributed by atoms with E-state index in [1.165, 1.54) is 0 Å². The van der Waals surface area contributed by atoms with Crippen LogP contribution in [0.1, 0.15) is 0 Å². The fourth-order valence-corrected chi connectivity index (χ4v) is 2.16. The molecule has 0 saturated heterocycles. The second-order valence-corrected chi connectivity index (χ2v) is 5.51. The van der Waals surface area contributed by atoms with Gasteiger partial charge in [-0.25, -0.2) is 0 Å². The van der Waals surface area contributed by atoms with Gasteiger partial charge in [-0.1, -0.05) is 0 Å². The molecule has 0 amide bonds. The summed E-state index contributed by atoms with van der Waals surface area (Å²) in [5, 5.41) is 43.4. The first-order chi connectivity index (χ1) is 15.2. The number of ether oxygens (including phenoxy) is 2. The number of nitro benzene ring substituents is 4. The molecular formula is C18H10N4O10. The van der Waals surface area contributed by atoms with Crippen LogP contribution in [0.3, 0.4) is 0 Å². The van der Waals surface area contributed by atoms with Gasteiger partial charge < -0.3 is 9.47 Å². The van der Waals surface area contributed by atoms with E-state index in [4.69, 9.17) is 9.47 Å². The van der Waals surface area contributed by atoms with Crippen LogP contribution in [0.5, 0.6) is 11.5 Å². The first-order valence-corrected chi connectivity index (χ1v) is 8.27. The Labute approximate surface area is 178 Å². The second-order valence-electron chi connectivity index (χ2n) is 5.51. The van der Waals surface area contributed by atoms with Gasteiger partial charge in [0.15, 0.2) is 11.5 Å². The molecule has 0 unspecified atom stereocenters. The van der Waals surface area contributed by atoms with Crippen molar-refractivity contribution in [1.82, 2.24) is 0 Å². The second kappa shape index (κ2) is 10.5. The number of nitrogens with zero attached hydrogens (tertiary/aromatic N) is 4. The van der Waals surface area contributed by atoms with E-state index in [9.17, 15) is 40.5 Å². The first-order valence-electron chi connectivity index (χ1n) is 8.27. The molecule has 2 aromatic carbocycles. The Kier molecular flexibility index (Phi) is 7.57. The highest BCUT2D eigenvalue weighted by molar-refractivity contribution is 5.54. The van der Waals surface area contributed by atoms with Crippen LogP contribution in [0.4, 0.5) is 22.7 Å². The van der Waals surface area contributed by atoms with Crippen molar-refractivity contribution in [2.45, 2.75) is 0 Å². The van der Waals surface area contributed by atoms with Crippen molar-refractivity contribution < 1.29 is 29.2 Å². The molecule has 0 fully saturated rings.